The predicted molar refractivity (Wildman–Crippen MR) is 77.9 cm³/mol. The van der Waals surface area contributed by atoms with Crippen molar-refractivity contribution in [1.82, 2.24) is 9.78 Å². The van der Waals surface area contributed by atoms with Crippen LogP contribution < -0.4 is 10.1 Å². The highest BCUT2D eigenvalue weighted by Gasteiger charge is 2.08. The number of amides is 1. The van der Waals surface area contributed by atoms with Gasteiger partial charge in [-0.05, 0) is 37.6 Å². The lowest BCUT2D eigenvalue weighted by Crippen LogP contribution is -2.16. The first-order chi connectivity index (χ1) is 9.60. The molecule has 0 radical (unpaired) electrons. The van der Waals surface area contributed by atoms with Gasteiger partial charge in [0.2, 0.25) is 5.91 Å². The van der Waals surface area contributed by atoms with E-state index in [2.05, 4.69) is 10.4 Å². The van der Waals surface area contributed by atoms with Crippen molar-refractivity contribution in [3.63, 3.8) is 0 Å². The molecule has 2 rings (SSSR count). The van der Waals surface area contributed by atoms with Crippen molar-refractivity contribution in [1.29, 1.82) is 0 Å². The van der Waals surface area contributed by atoms with Crippen LogP contribution in [0.2, 0.25) is 0 Å². The van der Waals surface area contributed by atoms with E-state index in [0.717, 1.165) is 11.3 Å². The van der Waals surface area contributed by atoms with Crippen LogP contribution in [-0.4, -0.2) is 22.8 Å². The molecule has 0 fully saturated rings. The third-order valence-corrected chi connectivity index (χ3v) is 3.11. The number of ether oxygens (including phenoxy) is 1. The maximum atomic E-state index is 12.0. The van der Waals surface area contributed by atoms with E-state index >= 15 is 0 Å². The van der Waals surface area contributed by atoms with Crippen molar-refractivity contribution >= 4 is 11.6 Å². The Hall–Kier alpha value is -2.30. The second kappa shape index (κ2) is 6.23. The standard InChI is InChI=1S/C15H19N3O2/c1-11-4-5-14(20-3)13(10-11)17-15(19)7-9-18-12(2)6-8-16-18/h4-6,8,10H,7,9H2,1-3H3,(H,17,19). The Labute approximate surface area is 118 Å². The van der Waals surface area contributed by atoms with Gasteiger partial charge in [-0.2, -0.15) is 5.10 Å². The number of aromatic nitrogens is 2. The summed E-state index contributed by atoms with van der Waals surface area (Å²) in [6, 6.07) is 7.61. The van der Waals surface area contributed by atoms with Crippen molar-refractivity contribution in [2.45, 2.75) is 26.8 Å². The molecule has 1 N–H and O–H groups in total. The van der Waals surface area contributed by atoms with E-state index in [-0.39, 0.29) is 5.91 Å². The van der Waals surface area contributed by atoms with Crippen LogP contribution in [0.3, 0.4) is 0 Å². The molecule has 0 saturated carbocycles. The number of benzene rings is 1. The molecule has 0 bridgehead atoms. The summed E-state index contributed by atoms with van der Waals surface area (Å²) in [5.74, 6) is 0.614. The molecule has 5 nitrogen and oxygen atoms in total. The van der Waals surface area contributed by atoms with Gasteiger partial charge in [0.1, 0.15) is 5.75 Å². The van der Waals surface area contributed by atoms with Gasteiger partial charge in [-0.1, -0.05) is 6.07 Å². The number of nitrogens with zero attached hydrogens (tertiary/aromatic N) is 2. The Balaban J connectivity index is 1.98. The van der Waals surface area contributed by atoms with Crippen molar-refractivity contribution in [3.05, 3.63) is 41.7 Å². The molecule has 0 atom stereocenters. The number of hydrogen-bond donors (Lipinski definition) is 1. The van der Waals surface area contributed by atoms with Crippen molar-refractivity contribution in [2.24, 2.45) is 0 Å². The Morgan fingerprint density at radius 3 is 2.80 bits per heavy atom. The van der Waals surface area contributed by atoms with Crippen LogP contribution in [-0.2, 0) is 11.3 Å². The minimum Gasteiger partial charge on any atom is -0.495 e. The Morgan fingerprint density at radius 2 is 2.15 bits per heavy atom. The maximum absolute atomic E-state index is 12.0. The molecule has 0 aliphatic heterocycles. The van der Waals surface area contributed by atoms with Crippen LogP contribution in [0, 0.1) is 13.8 Å². The number of carbonyl (C=O) groups is 1. The van der Waals surface area contributed by atoms with Gasteiger partial charge in [-0.25, -0.2) is 0 Å². The first-order valence-corrected chi connectivity index (χ1v) is 6.53. The van der Waals surface area contributed by atoms with Gasteiger partial charge in [-0.3, -0.25) is 9.48 Å². The molecule has 0 saturated heterocycles. The maximum Gasteiger partial charge on any atom is 0.226 e. The summed E-state index contributed by atoms with van der Waals surface area (Å²) in [6.07, 6.45) is 2.11. The van der Waals surface area contributed by atoms with Crippen LogP contribution >= 0.6 is 0 Å². The zero-order valence-corrected chi connectivity index (χ0v) is 12.0. The summed E-state index contributed by atoms with van der Waals surface area (Å²) in [5, 5.41) is 7.03. The summed E-state index contributed by atoms with van der Waals surface area (Å²) >= 11 is 0. The van der Waals surface area contributed by atoms with Crippen LogP contribution in [0.5, 0.6) is 5.75 Å². The van der Waals surface area contributed by atoms with E-state index in [9.17, 15) is 4.79 Å². The number of nitrogens with one attached hydrogen (secondary N) is 1. The highest BCUT2D eigenvalue weighted by Crippen LogP contribution is 2.25. The quantitative estimate of drug-likeness (QED) is 0.910. The summed E-state index contributed by atoms with van der Waals surface area (Å²) in [5.41, 5.74) is 2.82. The van der Waals surface area contributed by atoms with Crippen LogP contribution in [0.1, 0.15) is 17.7 Å². The average molecular weight is 273 g/mol. The Morgan fingerprint density at radius 1 is 1.35 bits per heavy atom. The fourth-order valence-electron chi connectivity index (χ4n) is 1.97. The minimum atomic E-state index is -0.0520. The molecule has 1 heterocycles. The lowest BCUT2D eigenvalue weighted by atomic mass is 10.2. The van der Waals surface area contributed by atoms with Crippen molar-refractivity contribution < 1.29 is 9.53 Å². The van der Waals surface area contributed by atoms with E-state index in [1.165, 1.54) is 0 Å². The number of hydrogen-bond acceptors (Lipinski definition) is 3. The topological polar surface area (TPSA) is 56.1 Å². The fourth-order valence-corrected chi connectivity index (χ4v) is 1.97. The van der Waals surface area contributed by atoms with Crippen LogP contribution in [0.15, 0.2) is 30.5 Å². The third kappa shape index (κ3) is 3.38. The number of aryl methyl sites for hydroxylation is 3. The van der Waals surface area contributed by atoms with Crippen molar-refractivity contribution in [3.8, 4) is 5.75 Å². The van der Waals surface area contributed by atoms with Crippen LogP contribution in [0.4, 0.5) is 5.69 Å². The number of carbonyl (C=O) groups excluding carboxylic acids is 1. The minimum absolute atomic E-state index is 0.0520. The number of anilines is 1. The summed E-state index contributed by atoms with van der Waals surface area (Å²) in [6.45, 7) is 4.51. The molecule has 106 valence electrons. The highest BCUT2D eigenvalue weighted by molar-refractivity contribution is 5.92. The van der Waals surface area contributed by atoms with Gasteiger partial charge in [-0.15, -0.1) is 0 Å². The Kier molecular flexibility index (Phi) is 4.40. The van der Waals surface area contributed by atoms with E-state index in [4.69, 9.17) is 4.74 Å². The van der Waals surface area contributed by atoms with Crippen LogP contribution in [0.25, 0.3) is 0 Å². The normalized spacial score (nSPS) is 10.3. The molecule has 0 aliphatic rings. The van der Waals surface area contributed by atoms with Gasteiger partial charge >= 0.3 is 0 Å². The molecule has 1 aromatic heterocycles. The van der Waals surface area contributed by atoms with Gasteiger partial charge in [0.25, 0.3) is 0 Å². The smallest absolute Gasteiger partial charge is 0.226 e. The number of rotatable bonds is 5. The average Bonchev–Trinajstić information content (AvgIpc) is 2.82. The molecule has 1 aromatic carbocycles. The SMILES string of the molecule is COc1ccc(C)cc1NC(=O)CCn1nccc1C. The van der Waals surface area contributed by atoms with Gasteiger partial charge in [0.15, 0.2) is 0 Å². The molecular formula is C15H19N3O2. The van der Waals surface area contributed by atoms with Gasteiger partial charge < -0.3 is 10.1 Å². The molecule has 0 unspecified atom stereocenters. The lowest BCUT2D eigenvalue weighted by molar-refractivity contribution is -0.116. The highest BCUT2D eigenvalue weighted by atomic mass is 16.5. The van der Waals surface area contributed by atoms with Gasteiger partial charge in [0, 0.05) is 24.9 Å². The summed E-state index contributed by atoms with van der Waals surface area (Å²) in [7, 11) is 1.59. The van der Waals surface area contributed by atoms with Gasteiger partial charge in [0.05, 0.1) is 12.8 Å². The third-order valence-electron chi connectivity index (χ3n) is 3.11. The van der Waals surface area contributed by atoms with Crippen molar-refractivity contribution in [2.75, 3.05) is 12.4 Å². The fraction of sp³-hybridized carbons (Fsp3) is 0.333. The predicted octanol–water partition coefficient (Wildman–Crippen LogP) is 2.54. The molecule has 1 amide bonds. The molecule has 5 heteroatoms. The monoisotopic (exact) mass is 273 g/mol. The zero-order chi connectivity index (χ0) is 14.5. The molecule has 0 aliphatic carbocycles. The molecule has 20 heavy (non-hydrogen) atoms. The summed E-state index contributed by atoms with van der Waals surface area (Å²) < 4.78 is 7.05. The van der Waals surface area contributed by atoms with E-state index in [1.54, 1.807) is 13.3 Å². The molecule has 2 aromatic rings. The summed E-state index contributed by atoms with van der Waals surface area (Å²) in [4.78, 5) is 12.0. The van der Waals surface area contributed by atoms with E-state index in [1.807, 2.05) is 42.8 Å². The second-order valence-electron chi connectivity index (χ2n) is 4.70. The second-order valence-corrected chi connectivity index (χ2v) is 4.70. The lowest BCUT2D eigenvalue weighted by Gasteiger charge is -2.11. The number of methoxy groups -OCH3 is 1. The van der Waals surface area contributed by atoms with E-state index < -0.39 is 0 Å². The first kappa shape index (κ1) is 14.1. The Bertz CT molecular complexity index is 605. The van der Waals surface area contributed by atoms with E-state index in [0.29, 0.717) is 24.4 Å². The molecule has 0 spiro atoms. The first-order valence-electron chi connectivity index (χ1n) is 6.53. The zero-order valence-electron chi connectivity index (χ0n) is 12.0. The molecular weight excluding hydrogens is 254 g/mol. The largest absolute Gasteiger partial charge is 0.495 e.